The third-order valence-electron chi connectivity index (χ3n) is 5.33. The van der Waals surface area contributed by atoms with Gasteiger partial charge in [0.25, 0.3) is 11.5 Å². The summed E-state index contributed by atoms with van der Waals surface area (Å²) in [6, 6.07) is 5.14. The van der Waals surface area contributed by atoms with Gasteiger partial charge in [-0.2, -0.15) is 0 Å². The lowest BCUT2D eigenvalue weighted by atomic mass is 9.96. The predicted octanol–water partition coefficient (Wildman–Crippen LogP) is 2.17. The van der Waals surface area contributed by atoms with E-state index < -0.39 is 0 Å². The van der Waals surface area contributed by atoms with Gasteiger partial charge in [0.15, 0.2) is 0 Å². The second-order valence-corrected chi connectivity index (χ2v) is 7.05. The van der Waals surface area contributed by atoms with E-state index in [-0.39, 0.29) is 17.4 Å². The number of piperidine rings is 1. The van der Waals surface area contributed by atoms with Gasteiger partial charge in [0.05, 0.1) is 17.2 Å². The molecule has 3 aromatic rings. The summed E-state index contributed by atoms with van der Waals surface area (Å²) in [7, 11) is 1.67. The topological polar surface area (TPSA) is 73.0 Å². The van der Waals surface area contributed by atoms with Gasteiger partial charge in [0.1, 0.15) is 5.82 Å². The minimum atomic E-state index is -0.108. The van der Waals surface area contributed by atoms with E-state index in [4.69, 9.17) is 0 Å². The average Bonchev–Trinajstić information content (AvgIpc) is 3.19. The second kappa shape index (κ2) is 6.98. The van der Waals surface area contributed by atoms with Crippen LogP contribution in [0.5, 0.6) is 0 Å². The maximum absolute atomic E-state index is 13.1. The second-order valence-electron chi connectivity index (χ2n) is 7.05. The van der Waals surface area contributed by atoms with Crippen molar-refractivity contribution < 1.29 is 4.79 Å². The van der Waals surface area contributed by atoms with Crippen LogP contribution in [-0.4, -0.2) is 43.0 Å². The molecule has 1 aliphatic heterocycles. The van der Waals surface area contributed by atoms with Crippen LogP contribution in [0.25, 0.3) is 10.9 Å². The van der Waals surface area contributed by atoms with Gasteiger partial charge < -0.3 is 14.0 Å². The Kier molecular flexibility index (Phi) is 4.51. The molecule has 27 heavy (non-hydrogen) atoms. The van der Waals surface area contributed by atoms with Gasteiger partial charge in [-0.3, -0.25) is 9.59 Å². The zero-order chi connectivity index (χ0) is 19.0. The van der Waals surface area contributed by atoms with Crippen molar-refractivity contribution in [1.29, 1.82) is 0 Å². The van der Waals surface area contributed by atoms with Gasteiger partial charge >= 0.3 is 0 Å². The van der Waals surface area contributed by atoms with Crippen molar-refractivity contribution in [3.05, 3.63) is 58.7 Å². The Labute approximate surface area is 157 Å². The quantitative estimate of drug-likeness (QED) is 0.713. The molecule has 7 nitrogen and oxygen atoms in total. The fourth-order valence-electron chi connectivity index (χ4n) is 3.85. The smallest absolute Gasteiger partial charge is 0.260 e. The molecule has 1 saturated heterocycles. The first kappa shape index (κ1) is 17.5. The van der Waals surface area contributed by atoms with Crippen molar-refractivity contribution in [2.45, 2.75) is 32.2 Å². The summed E-state index contributed by atoms with van der Waals surface area (Å²) in [6.07, 6.45) is 7.30. The van der Waals surface area contributed by atoms with Gasteiger partial charge in [0.2, 0.25) is 0 Å². The van der Waals surface area contributed by atoms with E-state index in [1.54, 1.807) is 25.2 Å². The number of benzene rings is 1. The fourth-order valence-corrected chi connectivity index (χ4v) is 3.85. The highest BCUT2D eigenvalue weighted by Gasteiger charge is 2.28. The van der Waals surface area contributed by atoms with Crippen LogP contribution in [0.15, 0.2) is 41.7 Å². The first-order valence-corrected chi connectivity index (χ1v) is 9.34. The maximum atomic E-state index is 13.1. The maximum Gasteiger partial charge on any atom is 0.260 e. The largest absolute Gasteiger partial charge is 0.338 e. The fraction of sp³-hybridized carbons (Fsp3) is 0.400. The van der Waals surface area contributed by atoms with Gasteiger partial charge in [0, 0.05) is 50.6 Å². The Morgan fingerprint density at radius 2 is 2.15 bits per heavy atom. The molecule has 0 spiro atoms. The van der Waals surface area contributed by atoms with E-state index >= 15 is 0 Å². The molecule has 0 N–H and O–H groups in total. The molecule has 1 aromatic carbocycles. The van der Waals surface area contributed by atoms with E-state index in [0.29, 0.717) is 23.0 Å². The Balaban J connectivity index is 1.59. The summed E-state index contributed by atoms with van der Waals surface area (Å²) < 4.78 is 3.59. The third kappa shape index (κ3) is 3.13. The van der Waals surface area contributed by atoms with Gasteiger partial charge in [-0.1, -0.05) is 0 Å². The summed E-state index contributed by atoms with van der Waals surface area (Å²) in [5.41, 5.74) is 1.02. The van der Waals surface area contributed by atoms with Crippen LogP contribution in [0.1, 0.15) is 41.9 Å². The summed E-state index contributed by atoms with van der Waals surface area (Å²) in [4.78, 5) is 35.9. The molecule has 0 aliphatic carbocycles. The number of imidazole rings is 1. The van der Waals surface area contributed by atoms with Crippen LogP contribution in [0, 0.1) is 0 Å². The van der Waals surface area contributed by atoms with E-state index in [1.165, 1.54) is 10.9 Å². The minimum Gasteiger partial charge on any atom is -0.338 e. The highest BCUT2D eigenvalue weighted by Crippen LogP contribution is 2.27. The summed E-state index contributed by atoms with van der Waals surface area (Å²) >= 11 is 0. The van der Waals surface area contributed by atoms with E-state index in [2.05, 4.69) is 21.5 Å². The lowest BCUT2D eigenvalue weighted by molar-refractivity contribution is 0.0703. The Morgan fingerprint density at radius 3 is 2.96 bits per heavy atom. The van der Waals surface area contributed by atoms with Crippen molar-refractivity contribution in [2.24, 2.45) is 7.05 Å². The van der Waals surface area contributed by atoms with E-state index in [0.717, 1.165) is 31.8 Å². The van der Waals surface area contributed by atoms with Crippen LogP contribution in [-0.2, 0) is 13.6 Å². The zero-order valence-corrected chi connectivity index (χ0v) is 15.6. The molecular formula is C20H23N5O2. The number of aryl methyl sites for hydroxylation is 2. The molecule has 4 rings (SSSR count). The van der Waals surface area contributed by atoms with Crippen LogP contribution in [0.2, 0.25) is 0 Å². The van der Waals surface area contributed by atoms with Gasteiger partial charge in [-0.15, -0.1) is 0 Å². The molecule has 2 aromatic heterocycles. The summed E-state index contributed by atoms with van der Waals surface area (Å²) in [5.74, 6) is 1.29. The normalized spacial score (nSPS) is 17.4. The van der Waals surface area contributed by atoms with Crippen molar-refractivity contribution in [1.82, 2.24) is 24.0 Å². The van der Waals surface area contributed by atoms with Crippen molar-refractivity contribution in [3.63, 3.8) is 0 Å². The van der Waals surface area contributed by atoms with Gasteiger partial charge in [-0.05, 0) is 38.0 Å². The molecule has 0 saturated carbocycles. The highest BCUT2D eigenvalue weighted by molar-refractivity contribution is 5.97. The van der Waals surface area contributed by atoms with Crippen LogP contribution in [0.4, 0.5) is 0 Å². The minimum absolute atomic E-state index is 0.0151. The molecule has 1 aliphatic rings. The predicted molar refractivity (Wildman–Crippen MR) is 103 cm³/mol. The van der Waals surface area contributed by atoms with Gasteiger partial charge in [-0.25, -0.2) is 9.97 Å². The Morgan fingerprint density at radius 1 is 1.30 bits per heavy atom. The Bertz CT molecular complexity index is 1050. The number of amides is 1. The molecule has 1 fully saturated rings. The molecule has 0 bridgehead atoms. The monoisotopic (exact) mass is 365 g/mol. The highest BCUT2D eigenvalue weighted by atomic mass is 16.2. The molecular weight excluding hydrogens is 342 g/mol. The number of hydrogen-bond donors (Lipinski definition) is 0. The van der Waals surface area contributed by atoms with E-state index in [9.17, 15) is 9.59 Å². The molecule has 3 heterocycles. The first-order chi connectivity index (χ1) is 13.1. The Hall–Kier alpha value is -2.96. The first-order valence-electron chi connectivity index (χ1n) is 9.34. The number of carbonyl (C=O) groups excluding carboxylic acids is 1. The number of carbonyl (C=O) groups is 1. The van der Waals surface area contributed by atoms with E-state index in [1.807, 2.05) is 17.3 Å². The molecule has 0 radical (unpaired) electrons. The van der Waals surface area contributed by atoms with Crippen molar-refractivity contribution in [3.8, 4) is 0 Å². The summed E-state index contributed by atoms with van der Waals surface area (Å²) in [5, 5.41) is 0.526. The number of aromatic nitrogens is 4. The lowest BCUT2D eigenvalue weighted by Crippen LogP contribution is -2.39. The lowest BCUT2D eigenvalue weighted by Gasteiger charge is -2.32. The van der Waals surface area contributed by atoms with Crippen molar-refractivity contribution >= 4 is 16.8 Å². The molecule has 1 amide bonds. The number of rotatable bonds is 3. The van der Waals surface area contributed by atoms with Crippen molar-refractivity contribution in [2.75, 3.05) is 13.1 Å². The summed E-state index contributed by atoms with van der Waals surface area (Å²) in [6.45, 7) is 4.39. The average molecular weight is 365 g/mol. The molecule has 1 atom stereocenters. The van der Waals surface area contributed by atoms with Crippen LogP contribution < -0.4 is 5.56 Å². The third-order valence-corrected chi connectivity index (χ3v) is 5.33. The van der Waals surface area contributed by atoms with Crippen LogP contribution in [0.3, 0.4) is 0 Å². The zero-order valence-electron chi connectivity index (χ0n) is 15.6. The standard InChI is InChI=1S/C20H23N5O2/c1-3-24-10-8-21-18(24)15-5-4-9-25(12-15)19(26)14-6-7-16-17(11-14)22-13-23(2)20(16)27/h6-8,10-11,13,15H,3-5,9,12H2,1-2H3/t15-/m1/s1. The molecule has 0 unspecified atom stereocenters. The number of nitrogens with zero attached hydrogens (tertiary/aromatic N) is 5. The number of fused-ring (bicyclic) bond motifs is 1. The van der Waals surface area contributed by atoms with Crippen LogP contribution >= 0.6 is 0 Å². The molecule has 140 valence electrons. The SMILES string of the molecule is CCn1ccnc1[C@@H]1CCCN(C(=O)c2ccc3c(=O)n(C)cnc3c2)C1. The number of hydrogen-bond acceptors (Lipinski definition) is 4. The number of likely N-dealkylation sites (tertiary alicyclic amines) is 1. The molecule has 7 heteroatoms.